The van der Waals surface area contributed by atoms with Gasteiger partial charge in [0.1, 0.15) is 19.4 Å². The van der Waals surface area contributed by atoms with Crippen molar-refractivity contribution in [2.75, 3.05) is 7.05 Å². The Bertz CT molecular complexity index is 729. The maximum Gasteiger partial charge on any atom is 0.163 e. The minimum absolute atomic E-state index is 0.165. The first kappa shape index (κ1) is 18.6. The summed E-state index contributed by atoms with van der Waals surface area (Å²) in [5.74, 6) is 0.374. The Kier molecular flexibility index (Phi) is 6.49. The van der Waals surface area contributed by atoms with Crippen LogP contribution in [0.2, 0.25) is 10.0 Å². The third-order valence-electron chi connectivity index (χ3n) is 3.65. The molecular formula is C18H19Cl2NO3. The minimum atomic E-state index is -0.941. The van der Waals surface area contributed by atoms with Gasteiger partial charge in [-0.05, 0) is 17.7 Å². The molecule has 0 aliphatic carbocycles. The highest BCUT2D eigenvalue weighted by Crippen LogP contribution is 2.37. The summed E-state index contributed by atoms with van der Waals surface area (Å²) >= 11 is 12.3. The van der Waals surface area contributed by atoms with Crippen molar-refractivity contribution in [3.8, 4) is 5.75 Å². The van der Waals surface area contributed by atoms with Crippen LogP contribution in [0.15, 0.2) is 42.5 Å². The Labute approximate surface area is 151 Å². The topological polar surface area (TPSA) is 55.5 Å². The van der Waals surface area contributed by atoms with Crippen molar-refractivity contribution in [3.05, 3.63) is 68.8 Å². The number of aliphatic hydroxyl groups is 1. The average molecular weight is 368 g/mol. The molecule has 4 nitrogen and oxygen atoms in total. The van der Waals surface area contributed by atoms with Gasteiger partial charge in [-0.2, -0.15) is 0 Å². The fraction of sp³-hybridized carbons (Fsp3) is 0.278. The molecule has 0 aromatic heterocycles. The first-order chi connectivity index (χ1) is 11.4. The standard InChI is InChI=1S/C18H19Cl2NO3/c1-12(21(2)23)8-17(22)15-9-14(19)10-16(20)18(15)24-11-13-6-4-3-5-7-13/h3-7,9-10,17,22H,8,11H2,1-2H3/b21-12-/t17-/m1/s1. The zero-order valence-corrected chi connectivity index (χ0v) is 15.0. The van der Waals surface area contributed by atoms with Gasteiger partial charge in [-0.1, -0.05) is 53.5 Å². The third-order valence-corrected chi connectivity index (χ3v) is 4.15. The molecule has 24 heavy (non-hydrogen) atoms. The van der Waals surface area contributed by atoms with Gasteiger partial charge in [0, 0.05) is 17.5 Å². The first-order valence-corrected chi connectivity index (χ1v) is 8.21. The molecule has 0 unspecified atom stereocenters. The van der Waals surface area contributed by atoms with Crippen LogP contribution in [0.1, 0.15) is 30.6 Å². The molecule has 1 atom stereocenters. The van der Waals surface area contributed by atoms with Crippen LogP contribution >= 0.6 is 23.2 Å². The molecule has 0 saturated heterocycles. The van der Waals surface area contributed by atoms with Crippen LogP contribution in [0.3, 0.4) is 0 Å². The number of rotatable bonds is 6. The van der Waals surface area contributed by atoms with Crippen molar-refractivity contribution < 1.29 is 14.6 Å². The van der Waals surface area contributed by atoms with E-state index in [1.807, 2.05) is 30.3 Å². The van der Waals surface area contributed by atoms with Gasteiger partial charge in [0.15, 0.2) is 5.71 Å². The molecule has 0 amide bonds. The van der Waals surface area contributed by atoms with E-state index in [1.54, 1.807) is 19.1 Å². The van der Waals surface area contributed by atoms with Crippen LogP contribution < -0.4 is 4.74 Å². The molecule has 0 aliphatic heterocycles. The summed E-state index contributed by atoms with van der Waals surface area (Å²) in [5, 5.41) is 22.5. The summed E-state index contributed by atoms with van der Waals surface area (Å²) in [6.45, 7) is 1.97. The van der Waals surface area contributed by atoms with E-state index in [-0.39, 0.29) is 6.42 Å². The molecule has 0 radical (unpaired) electrons. The zero-order chi connectivity index (χ0) is 17.7. The molecule has 2 aromatic carbocycles. The Hall–Kier alpha value is -1.75. The number of benzene rings is 2. The molecule has 2 rings (SSSR count). The van der Waals surface area contributed by atoms with E-state index in [9.17, 15) is 10.3 Å². The Balaban J connectivity index is 2.28. The molecule has 2 aromatic rings. The normalized spacial score (nSPS) is 13.4. The van der Waals surface area contributed by atoms with E-state index < -0.39 is 6.10 Å². The molecule has 0 saturated carbocycles. The van der Waals surface area contributed by atoms with Gasteiger partial charge < -0.3 is 15.1 Å². The van der Waals surface area contributed by atoms with Gasteiger partial charge in [0.25, 0.3) is 0 Å². The summed E-state index contributed by atoms with van der Waals surface area (Å²) in [6.07, 6.45) is -0.776. The highest BCUT2D eigenvalue weighted by molar-refractivity contribution is 6.35. The molecule has 0 spiro atoms. The molecule has 128 valence electrons. The van der Waals surface area contributed by atoms with Crippen molar-refractivity contribution in [1.82, 2.24) is 0 Å². The van der Waals surface area contributed by atoms with Crippen molar-refractivity contribution in [2.45, 2.75) is 26.1 Å². The lowest BCUT2D eigenvalue weighted by atomic mass is 10.0. The lowest BCUT2D eigenvalue weighted by Crippen LogP contribution is -2.13. The van der Waals surface area contributed by atoms with Crippen LogP contribution in [-0.2, 0) is 6.61 Å². The SMILES string of the molecule is C/C(C[C@@H](O)c1cc(Cl)cc(Cl)c1OCc1ccccc1)=[N+](\C)[O-]. The van der Waals surface area contributed by atoms with Gasteiger partial charge in [-0.25, -0.2) is 4.74 Å². The van der Waals surface area contributed by atoms with E-state index >= 15 is 0 Å². The molecular weight excluding hydrogens is 349 g/mol. The number of aliphatic hydroxyl groups excluding tert-OH is 1. The van der Waals surface area contributed by atoms with E-state index in [0.717, 1.165) is 10.3 Å². The second-order valence-corrected chi connectivity index (χ2v) is 6.38. The van der Waals surface area contributed by atoms with Gasteiger partial charge in [0.2, 0.25) is 0 Å². The van der Waals surface area contributed by atoms with Crippen molar-refractivity contribution >= 4 is 28.9 Å². The van der Waals surface area contributed by atoms with Crippen LogP contribution in [-0.4, -0.2) is 22.6 Å². The maximum atomic E-state index is 11.3. The lowest BCUT2D eigenvalue weighted by Gasteiger charge is -2.18. The van der Waals surface area contributed by atoms with Crippen molar-refractivity contribution in [2.24, 2.45) is 0 Å². The summed E-state index contributed by atoms with van der Waals surface area (Å²) in [7, 11) is 1.39. The van der Waals surface area contributed by atoms with Crippen molar-refractivity contribution in [1.29, 1.82) is 0 Å². The Morgan fingerprint density at radius 3 is 2.54 bits per heavy atom. The van der Waals surface area contributed by atoms with E-state index in [1.165, 1.54) is 7.05 Å². The number of hydrogen-bond acceptors (Lipinski definition) is 3. The smallest absolute Gasteiger partial charge is 0.163 e. The van der Waals surface area contributed by atoms with Gasteiger partial charge >= 0.3 is 0 Å². The van der Waals surface area contributed by atoms with Crippen LogP contribution in [0.25, 0.3) is 0 Å². The van der Waals surface area contributed by atoms with Crippen LogP contribution in [0.4, 0.5) is 0 Å². The number of hydroxylamine groups is 1. The fourth-order valence-electron chi connectivity index (χ4n) is 2.23. The number of halogens is 2. The van der Waals surface area contributed by atoms with Gasteiger partial charge in [-0.15, -0.1) is 0 Å². The predicted octanol–water partition coefficient (Wildman–Crippen LogP) is 4.60. The second-order valence-electron chi connectivity index (χ2n) is 5.53. The first-order valence-electron chi connectivity index (χ1n) is 7.45. The molecule has 6 heteroatoms. The van der Waals surface area contributed by atoms with Gasteiger partial charge in [-0.3, -0.25) is 0 Å². The van der Waals surface area contributed by atoms with Crippen LogP contribution in [0.5, 0.6) is 5.75 Å². The van der Waals surface area contributed by atoms with E-state index in [0.29, 0.717) is 33.7 Å². The van der Waals surface area contributed by atoms with E-state index in [2.05, 4.69) is 0 Å². The summed E-state index contributed by atoms with van der Waals surface area (Å²) < 4.78 is 6.54. The number of ether oxygens (including phenoxy) is 1. The maximum absolute atomic E-state index is 11.3. The molecule has 0 heterocycles. The van der Waals surface area contributed by atoms with Crippen LogP contribution in [0, 0.1) is 5.21 Å². The third kappa shape index (κ3) is 4.87. The second kappa shape index (κ2) is 8.38. The highest BCUT2D eigenvalue weighted by atomic mass is 35.5. The summed E-state index contributed by atoms with van der Waals surface area (Å²) in [4.78, 5) is 0. The van der Waals surface area contributed by atoms with Crippen molar-refractivity contribution in [3.63, 3.8) is 0 Å². The number of hydrogen-bond donors (Lipinski definition) is 1. The molecule has 1 N–H and O–H groups in total. The van der Waals surface area contributed by atoms with E-state index in [4.69, 9.17) is 27.9 Å². The molecule has 0 aliphatic rings. The predicted molar refractivity (Wildman–Crippen MR) is 97.0 cm³/mol. The van der Waals surface area contributed by atoms with Gasteiger partial charge in [0.05, 0.1) is 17.5 Å². The fourth-order valence-corrected chi connectivity index (χ4v) is 2.79. The largest absolute Gasteiger partial charge is 0.624 e. The minimum Gasteiger partial charge on any atom is -0.624 e. The molecule has 0 bridgehead atoms. The monoisotopic (exact) mass is 367 g/mol. The number of nitrogens with zero attached hydrogens (tertiary/aromatic N) is 1. The Morgan fingerprint density at radius 1 is 1.25 bits per heavy atom. The quantitative estimate of drug-likeness (QED) is 0.351. The zero-order valence-electron chi connectivity index (χ0n) is 13.5. The summed E-state index contributed by atoms with van der Waals surface area (Å²) in [6, 6.07) is 12.8. The summed E-state index contributed by atoms with van der Waals surface area (Å²) in [5.41, 5.74) is 1.93. The highest BCUT2D eigenvalue weighted by Gasteiger charge is 2.20. The molecule has 0 fully saturated rings. The Morgan fingerprint density at radius 2 is 1.92 bits per heavy atom. The lowest BCUT2D eigenvalue weighted by molar-refractivity contribution is -0.425. The average Bonchev–Trinajstić information content (AvgIpc) is 2.54.